The fourth-order valence-electron chi connectivity index (χ4n) is 4.74. The number of amides is 4. The first-order valence-corrected chi connectivity index (χ1v) is 11.2. The first-order valence-electron chi connectivity index (χ1n) is 11.2. The third-order valence-electron chi connectivity index (χ3n) is 6.18. The molecule has 3 rings (SSSR count). The van der Waals surface area contributed by atoms with E-state index in [9.17, 15) is 14.4 Å². The van der Waals surface area contributed by atoms with Gasteiger partial charge in [-0.3, -0.25) is 24.7 Å². The van der Waals surface area contributed by atoms with Crippen molar-refractivity contribution >= 4 is 17.8 Å². The second kappa shape index (κ2) is 10.7. The Morgan fingerprint density at radius 1 is 1.00 bits per heavy atom. The van der Waals surface area contributed by atoms with Crippen LogP contribution in [0.3, 0.4) is 0 Å². The molecule has 0 spiro atoms. The number of likely N-dealkylation sites (tertiary alicyclic amines) is 1. The molecular formula is C23H35N5O3. The van der Waals surface area contributed by atoms with E-state index in [0.29, 0.717) is 44.6 Å². The van der Waals surface area contributed by atoms with Crippen molar-refractivity contribution in [1.82, 2.24) is 25.3 Å². The molecule has 2 N–H and O–H groups in total. The Kier molecular flexibility index (Phi) is 8.03. The topological polar surface area (TPSA) is 85.0 Å². The second-order valence-corrected chi connectivity index (χ2v) is 8.94. The number of piperidine rings is 1. The summed E-state index contributed by atoms with van der Waals surface area (Å²) >= 11 is 0. The summed E-state index contributed by atoms with van der Waals surface area (Å²) in [7, 11) is 1.49. The van der Waals surface area contributed by atoms with Gasteiger partial charge in [-0.05, 0) is 23.8 Å². The molecule has 8 nitrogen and oxygen atoms in total. The zero-order valence-corrected chi connectivity index (χ0v) is 18.8. The predicted octanol–water partition coefficient (Wildman–Crippen LogP) is 1.31. The average molecular weight is 430 g/mol. The summed E-state index contributed by atoms with van der Waals surface area (Å²) in [5.41, 5.74) is 0.852. The number of nitrogens with zero attached hydrogens (tertiary/aromatic N) is 3. The zero-order chi connectivity index (χ0) is 22.4. The quantitative estimate of drug-likeness (QED) is 0.737. The van der Waals surface area contributed by atoms with E-state index in [4.69, 9.17) is 0 Å². The van der Waals surface area contributed by atoms with Gasteiger partial charge in [0.25, 0.3) is 0 Å². The third kappa shape index (κ3) is 6.27. The van der Waals surface area contributed by atoms with Crippen LogP contribution in [0.5, 0.6) is 0 Å². The number of rotatable bonds is 5. The van der Waals surface area contributed by atoms with E-state index >= 15 is 0 Å². The van der Waals surface area contributed by atoms with Gasteiger partial charge < -0.3 is 10.2 Å². The van der Waals surface area contributed by atoms with Crippen LogP contribution in [-0.2, 0) is 9.59 Å². The van der Waals surface area contributed by atoms with Gasteiger partial charge in [-0.25, -0.2) is 4.79 Å². The lowest BCUT2D eigenvalue weighted by Crippen LogP contribution is -2.54. The molecule has 2 saturated heterocycles. The monoisotopic (exact) mass is 429 g/mol. The van der Waals surface area contributed by atoms with Gasteiger partial charge in [0.15, 0.2) is 0 Å². The number of benzene rings is 1. The summed E-state index contributed by atoms with van der Waals surface area (Å²) in [5, 5.41) is 4.85. The fourth-order valence-corrected chi connectivity index (χ4v) is 4.74. The van der Waals surface area contributed by atoms with Gasteiger partial charge in [0, 0.05) is 46.3 Å². The van der Waals surface area contributed by atoms with Crippen LogP contribution in [0.2, 0.25) is 0 Å². The molecule has 8 heteroatoms. The molecule has 170 valence electrons. The molecule has 3 atom stereocenters. The zero-order valence-electron chi connectivity index (χ0n) is 18.8. The minimum absolute atomic E-state index is 0.198. The van der Waals surface area contributed by atoms with Crippen molar-refractivity contribution in [1.29, 1.82) is 0 Å². The van der Waals surface area contributed by atoms with Crippen molar-refractivity contribution in [2.45, 2.75) is 26.3 Å². The standard InChI is InChI=1S/C23H35N5O3/c1-17-13-18(2)15-28(14-17)20(29)16-26-9-11-27(12-10-26)21(19-7-5-4-6-8-19)22(30)25-23(31)24-3/h4-8,17-18,21H,9-16H2,1-3H3,(H2,24,25,30,31). The van der Waals surface area contributed by atoms with Crippen LogP contribution in [0.15, 0.2) is 30.3 Å². The van der Waals surface area contributed by atoms with Crippen molar-refractivity contribution in [2.75, 3.05) is 52.9 Å². The molecular weight excluding hydrogens is 394 g/mol. The Hall–Kier alpha value is -2.45. The molecule has 1 aromatic carbocycles. The lowest BCUT2D eigenvalue weighted by Gasteiger charge is -2.40. The minimum atomic E-state index is -0.542. The van der Waals surface area contributed by atoms with Crippen LogP contribution in [0.4, 0.5) is 4.79 Å². The molecule has 0 saturated carbocycles. The van der Waals surface area contributed by atoms with Crippen LogP contribution in [0.1, 0.15) is 31.9 Å². The van der Waals surface area contributed by atoms with Crippen molar-refractivity contribution < 1.29 is 14.4 Å². The SMILES string of the molecule is CNC(=O)NC(=O)C(c1ccccc1)N1CCN(CC(=O)N2CC(C)CC(C)C2)CC1. The summed E-state index contributed by atoms with van der Waals surface area (Å²) in [6, 6.07) is 8.45. The molecule has 2 aliphatic heterocycles. The first-order chi connectivity index (χ1) is 14.9. The van der Waals surface area contributed by atoms with E-state index < -0.39 is 12.1 Å². The molecule has 0 bridgehead atoms. The molecule has 2 heterocycles. The lowest BCUT2D eigenvalue weighted by atomic mass is 9.92. The normalized spacial score (nSPS) is 23.8. The summed E-state index contributed by atoms with van der Waals surface area (Å²) < 4.78 is 0. The predicted molar refractivity (Wildman–Crippen MR) is 119 cm³/mol. The van der Waals surface area contributed by atoms with Crippen LogP contribution < -0.4 is 10.6 Å². The van der Waals surface area contributed by atoms with Crippen LogP contribution in [0, 0.1) is 11.8 Å². The van der Waals surface area contributed by atoms with Gasteiger partial charge in [-0.2, -0.15) is 0 Å². The van der Waals surface area contributed by atoms with E-state index in [-0.39, 0.29) is 11.8 Å². The molecule has 0 aliphatic carbocycles. The Morgan fingerprint density at radius 2 is 1.61 bits per heavy atom. The number of carbonyl (C=O) groups excluding carboxylic acids is 3. The van der Waals surface area contributed by atoms with E-state index in [2.05, 4.69) is 34.3 Å². The van der Waals surface area contributed by atoms with Crippen LogP contribution in [0.25, 0.3) is 0 Å². The number of hydrogen-bond acceptors (Lipinski definition) is 5. The summed E-state index contributed by atoms with van der Waals surface area (Å²) in [5.74, 6) is 0.959. The maximum absolute atomic E-state index is 12.9. The number of nitrogens with one attached hydrogen (secondary N) is 2. The van der Waals surface area contributed by atoms with Gasteiger partial charge in [0.2, 0.25) is 11.8 Å². The molecule has 2 fully saturated rings. The number of carbonyl (C=O) groups is 3. The third-order valence-corrected chi connectivity index (χ3v) is 6.18. The Bertz CT molecular complexity index is 754. The maximum Gasteiger partial charge on any atom is 0.321 e. The van der Waals surface area contributed by atoms with Crippen molar-refractivity contribution in [2.24, 2.45) is 11.8 Å². The smallest absolute Gasteiger partial charge is 0.321 e. The molecule has 0 radical (unpaired) electrons. The highest BCUT2D eigenvalue weighted by Gasteiger charge is 2.32. The van der Waals surface area contributed by atoms with Crippen molar-refractivity contribution in [3.8, 4) is 0 Å². The van der Waals surface area contributed by atoms with Crippen LogP contribution >= 0.6 is 0 Å². The van der Waals surface area contributed by atoms with Crippen molar-refractivity contribution in [3.63, 3.8) is 0 Å². The van der Waals surface area contributed by atoms with Gasteiger partial charge in [0.05, 0.1) is 6.54 Å². The second-order valence-electron chi connectivity index (χ2n) is 8.94. The highest BCUT2D eigenvalue weighted by Crippen LogP contribution is 2.24. The largest absolute Gasteiger partial charge is 0.341 e. The van der Waals surface area contributed by atoms with E-state index in [0.717, 1.165) is 18.7 Å². The highest BCUT2D eigenvalue weighted by atomic mass is 16.2. The van der Waals surface area contributed by atoms with E-state index in [1.54, 1.807) is 0 Å². The minimum Gasteiger partial charge on any atom is -0.341 e. The molecule has 3 unspecified atom stereocenters. The first kappa shape index (κ1) is 23.2. The summed E-state index contributed by atoms with van der Waals surface area (Å²) in [4.78, 5) is 43.6. The Balaban J connectivity index is 1.59. The molecule has 0 aromatic heterocycles. The van der Waals surface area contributed by atoms with Crippen LogP contribution in [-0.4, -0.2) is 85.4 Å². The molecule has 2 aliphatic rings. The van der Waals surface area contributed by atoms with Gasteiger partial charge in [0.1, 0.15) is 6.04 Å². The Labute approximate surface area is 184 Å². The van der Waals surface area contributed by atoms with Gasteiger partial charge >= 0.3 is 6.03 Å². The van der Waals surface area contributed by atoms with Gasteiger partial charge in [-0.1, -0.05) is 44.2 Å². The van der Waals surface area contributed by atoms with E-state index in [1.807, 2.05) is 35.2 Å². The molecule has 31 heavy (non-hydrogen) atoms. The highest BCUT2D eigenvalue weighted by molar-refractivity contribution is 5.97. The number of hydrogen-bond donors (Lipinski definition) is 2. The summed E-state index contributed by atoms with van der Waals surface area (Å²) in [6.45, 7) is 9.26. The number of urea groups is 1. The number of imide groups is 1. The lowest BCUT2D eigenvalue weighted by molar-refractivity contribution is -0.136. The maximum atomic E-state index is 12.9. The van der Waals surface area contributed by atoms with Crippen molar-refractivity contribution in [3.05, 3.63) is 35.9 Å². The number of piperazine rings is 1. The Morgan fingerprint density at radius 3 is 2.19 bits per heavy atom. The average Bonchev–Trinajstić information content (AvgIpc) is 2.75. The summed E-state index contributed by atoms with van der Waals surface area (Å²) in [6.07, 6.45) is 1.18. The molecule has 1 aromatic rings. The molecule has 4 amide bonds. The van der Waals surface area contributed by atoms with E-state index in [1.165, 1.54) is 13.5 Å². The van der Waals surface area contributed by atoms with Gasteiger partial charge in [-0.15, -0.1) is 0 Å². The fraction of sp³-hybridized carbons (Fsp3) is 0.609.